The summed E-state index contributed by atoms with van der Waals surface area (Å²) in [5, 5.41) is 2.45. The minimum atomic E-state index is -1.02. The molecule has 4 unspecified atom stereocenters. The average molecular weight is 511 g/mol. The monoisotopic (exact) mass is 510 g/mol. The zero-order valence-electron chi connectivity index (χ0n) is 19.7. The Labute approximate surface area is 213 Å². The number of benzene rings is 2. The van der Waals surface area contributed by atoms with Crippen molar-refractivity contribution in [2.24, 2.45) is 11.7 Å². The molecule has 2 heterocycles. The fourth-order valence-corrected chi connectivity index (χ4v) is 6.36. The molecule has 2 aromatic carbocycles. The number of nitrogens with two attached hydrogens (primary N) is 1. The molecular weight excluding hydrogens is 484 g/mol. The number of rotatable bonds is 7. The predicted molar refractivity (Wildman–Crippen MR) is 137 cm³/mol. The summed E-state index contributed by atoms with van der Waals surface area (Å²) in [6.07, 6.45) is 0. The Morgan fingerprint density at radius 3 is 2.29 bits per heavy atom. The summed E-state index contributed by atoms with van der Waals surface area (Å²) in [6.45, 7) is 3.58. The van der Waals surface area contributed by atoms with Crippen LogP contribution >= 0.6 is 22.9 Å². The highest BCUT2D eigenvalue weighted by Crippen LogP contribution is 2.53. The molecule has 6 nitrogen and oxygen atoms in total. The topological polar surface area (TPSA) is 89.7 Å². The largest absolute Gasteiger partial charge is 0.375 e. The van der Waals surface area contributed by atoms with E-state index in [4.69, 9.17) is 22.1 Å². The predicted octanol–water partition coefficient (Wildman–Crippen LogP) is 4.68. The van der Waals surface area contributed by atoms with Crippen LogP contribution in [0.4, 0.5) is 0 Å². The smallest absolute Gasteiger partial charge is 0.249 e. The lowest BCUT2D eigenvalue weighted by Crippen LogP contribution is -2.47. The third-order valence-corrected chi connectivity index (χ3v) is 8.02. The average Bonchev–Trinajstić information content (AvgIpc) is 3.40. The van der Waals surface area contributed by atoms with E-state index in [1.807, 2.05) is 43.5 Å². The fourth-order valence-electron chi connectivity index (χ4n) is 5.13. The maximum absolute atomic E-state index is 14.3. The van der Waals surface area contributed by atoms with Gasteiger partial charge in [0.1, 0.15) is 12.6 Å². The van der Waals surface area contributed by atoms with Crippen LogP contribution in [0.1, 0.15) is 43.9 Å². The SMILES string of the molecule is COCC(=O)N1C(C(N)=O)C(c2sccc2C)C(C(=O)c2ccccc2C)C1c1ccc(Cl)cc1. The summed E-state index contributed by atoms with van der Waals surface area (Å²) in [5.74, 6) is -2.56. The lowest BCUT2D eigenvalue weighted by atomic mass is 9.77. The molecule has 1 aromatic heterocycles. The van der Waals surface area contributed by atoms with Crippen molar-refractivity contribution in [2.45, 2.75) is 31.8 Å². The van der Waals surface area contributed by atoms with E-state index in [2.05, 4.69) is 0 Å². The number of thiophene rings is 1. The van der Waals surface area contributed by atoms with Crippen LogP contribution in [0.2, 0.25) is 5.02 Å². The Balaban J connectivity index is 2.00. The molecule has 1 aliphatic rings. The Morgan fingerprint density at radius 2 is 1.71 bits per heavy atom. The Bertz CT molecular complexity index is 1260. The molecule has 3 aromatic rings. The van der Waals surface area contributed by atoms with Gasteiger partial charge in [0.2, 0.25) is 11.8 Å². The van der Waals surface area contributed by atoms with E-state index in [1.54, 1.807) is 30.3 Å². The van der Waals surface area contributed by atoms with E-state index in [0.29, 0.717) is 16.1 Å². The number of ketones is 1. The van der Waals surface area contributed by atoms with Crippen molar-refractivity contribution < 1.29 is 19.1 Å². The third kappa shape index (κ3) is 4.63. The number of primary amides is 1. The van der Waals surface area contributed by atoms with Crippen molar-refractivity contribution in [1.82, 2.24) is 4.90 Å². The number of hydrogen-bond acceptors (Lipinski definition) is 5. The first-order valence-corrected chi connectivity index (χ1v) is 12.5. The second-order valence-corrected chi connectivity index (χ2v) is 10.2. The molecule has 182 valence electrons. The van der Waals surface area contributed by atoms with Crippen LogP contribution < -0.4 is 5.73 Å². The van der Waals surface area contributed by atoms with Crippen molar-refractivity contribution in [3.05, 3.63) is 92.1 Å². The van der Waals surface area contributed by atoms with E-state index in [-0.39, 0.29) is 12.4 Å². The Morgan fingerprint density at radius 1 is 1.03 bits per heavy atom. The number of likely N-dealkylation sites (tertiary alicyclic amines) is 1. The molecule has 35 heavy (non-hydrogen) atoms. The number of carbonyl (C=O) groups excluding carboxylic acids is 3. The van der Waals surface area contributed by atoms with Gasteiger partial charge in [-0.25, -0.2) is 0 Å². The van der Waals surface area contributed by atoms with E-state index in [9.17, 15) is 14.4 Å². The number of Topliss-reactive ketones (excluding diaryl/α,β-unsaturated/α-hetero) is 1. The van der Waals surface area contributed by atoms with E-state index >= 15 is 0 Å². The molecule has 4 rings (SSSR count). The minimum Gasteiger partial charge on any atom is -0.375 e. The Hall–Kier alpha value is -3.00. The molecule has 8 heteroatoms. The van der Waals surface area contributed by atoms with Gasteiger partial charge >= 0.3 is 0 Å². The van der Waals surface area contributed by atoms with E-state index < -0.39 is 35.7 Å². The molecule has 4 atom stereocenters. The molecule has 0 saturated carbocycles. The van der Waals surface area contributed by atoms with Crippen molar-refractivity contribution in [2.75, 3.05) is 13.7 Å². The van der Waals surface area contributed by atoms with Crippen LogP contribution in [0, 0.1) is 19.8 Å². The number of ether oxygens (including phenoxy) is 1. The first-order chi connectivity index (χ1) is 16.8. The van der Waals surface area contributed by atoms with Gasteiger partial charge in [-0.1, -0.05) is 48.0 Å². The van der Waals surface area contributed by atoms with Gasteiger partial charge in [-0.05, 0) is 54.1 Å². The van der Waals surface area contributed by atoms with Gasteiger partial charge in [0.05, 0.1) is 12.0 Å². The second-order valence-electron chi connectivity index (χ2n) is 8.78. The summed E-state index contributed by atoms with van der Waals surface area (Å²) in [7, 11) is 1.42. The zero-order valence-corrected chi connectivity index (χ0v) is 21.3. The first kappa shape index (κ1) is 25.1. The minimum absolute atomic E-state index is 0.139. The molecule has 0 spiro atoms. The molecule has 0 radical (unpaired) electrons. The third-order valence-electron chi connectivity index (χ3n) is 6.64. The lowest BCUT2D eigenvalue weighted by molar-refractivity contribution is -0.143. The molecule has 0 aliphatic carbocycles. The van der Waals surface area contributed by atoms with Crippen LogP contribution in [-0.4, -0.2) is 42.3 Å². The molecule has 0 bridgehead atoms. The van der Waals surface area contributed by atoms with Gasteiger partial charge in [0.25, 0.3) is 0 Å². The molecule has 2 amide bonds. The maximum atomic E-state index is 14.3. The summed E-state index contributed by atoms with van der Waals surface area (Å²) in [5.41, 5.74) is 8.99. The van der Waals surface area contributed by atoms with Gasteiger partial charge < -0.3 is 15.4 Å². The van der Waals surface area contributed by atoms with Crippen LogP contribution in [0.25, 0.3) is 0 Å². The van der Waals surface area contributed by atoms with Crippen molar-refractivity contribution in [1.29, 1.82) is 0 Å². The number of hydrogen-bond donors (Lipinski definition) is 1. The van der Waals surface area contributed by atoms with Gasteiger partial charge in [-0.15, -0.1) is 11.3 Å². The number of aryl methyl sites for hydroxylation is 2. The fraction of sp³-hybridized carbons (Fsp3) is 0.296. The first-order valence-electron chi connectivity index (χ1n) is 11.2. The molecule has 1 aliphatic heterocycles. The van der Waals surface area contributed by atoms with E-state index in [1.165, 1.54) is 23.3 Å². The summed E-state index contributed by atoms with van der Waals surface area (Å²) in [6, 6.07) is 14.6. The highest BCUT2D eigenvalue weighted by Gasteiger charge is 2.57. The zero-order chi connectivity index (χ0) is 25.3. The van der Waals surface area contributed by atoms with Gasteiger partial charge in [-0.2, -0.15) is 0 Å². The number of nitrogens with zero attached hydrogens (tertiary/aromatic N) is 1. The van der Waals surface area contributed by atoms with Crippen LogP contribution in [0.5, 0.6) is 0 Å². The standard InChI is InChI=1S/C27H27ClN2O4S/c1-15-6-4-5-7-19(15)25(32)21-22(26-16(2)12-13-35-26)24(27(29)33)30(20(31)14-34-3)23(21)17-8-10-18(28)11-9-17/h4-13,21-24H,14H2,1-3H3,(H2,29,33). The van der Waals surface area contributed by atoms with Gasteiger partial charge in [-0.3, -0.25) is 14.4 Å². The molecule has 1 fully saturated rings. The van der Waals surface area contributed by atoms with Crippen LogP contribution in [0.3, 0.4) is 0 Å². The maximum Gasteiger partial charge on any atom is 0.249 e. The summed E-state index contributed by atoms with van der Waals surface area (Å²) in [4.78, 5) is 43.1. The molecular formula is C27H27ClN2O4S. The van der Waals surface area contributed by atoms with E-state index in [0.717, 1.165) is 16.0 Å². The molecule has 1 saturated heterocycles. The summed E-state index contributed by atoms with van der Waals surface area (Å²) < 4.78 is 5.15. The van der Waals surface area contributed by atoms with Crippen LogP contribution in [0.15, 0.2) is 60.0 Å². The van der Waals surface area contributed by atoms with Gasteiger partial charge in [0.15, 0.2) is 5.78 Å². The number of carbonyl (C=O) groups is 3. The Kier molecular flexibility index (Phi) is 7.40. The van der Waals surface area contributed by atoms with Crippen molar-refractivity contribution in [3.63, 3.8) is 0 Å². The normalized spacial score (nSPS) is 21.8. The molecule has 2 N–H and O–H groups in total. The van der Waals surface area contributed by atoms with Crippen molar-refractivity contribution in [3.8, 4) is 0 Å². The van der Waals surface area contributed by atoms with Crippen molar-refractivity contribution >= 4 is 40.5 Å². The lowest BCUT2D eigenvalue weighted by Gasteiger charge is -2.30. The highest BCUT2D eigenvalue weighted by molar-refractivity contribution is 7.10. The second kappa shape index (κ2) is 10.3. The number of halogens is 1. The summed E-state index contributed by atoms with van der Waals surface area (Å²) >= 11 is 7.62. The highest BCUT2D eigenvalue weighted by atomic mass is 35.5. The van der Waals surface area contributed by atoms with Gasteiger partial charge in [0, 0.05) is 28.5 Å². The number of methoxy groups -OCH3 is 1. The number of amides is 2. The van der Waals surface area contributed by atoms with Crippen LogP contribution in [-0.2, 0) is 14.3 Å². The quantitative estimate of drug-likeness (QED) is 0.467.